The third-order valence-electron chi connectivity index (χ3n) is 1.99. The molecule has 0 aliphatic carbocycles. The third kappa shape index (κ3) is 1.77. The minimum Gasteiger partial charge on any atom is -0.399 e. The van der Waals surface area contributed by atoms with Crippen molar-refractivity contribution in [2.75, 3.05) is 11.5 Å². The van der Waals surface area contributed by atoms with E-state index in [0.29, 0.717) is 0 Å². The van der Waals surface area contributed by atoms with E-state index in [0.717, 1.165) is 12.1 Å². The van der Waals surface area contributed by atoms with E-state index in [1.165, 1.54) is 12.3 Å². The summed E-state index contributed by atoms with van der Waals surface area (Å²) in [6.45, 7) is 0. The molecule has 1 aromatic heterocycles. The molecule has 1 heterocycles. The van der Waals surface area contributed by atoms with Gasteiger partial charge in [-0.25, -0.2) is 18.7 Å². The molecule has 0 saturated carbocycles. The molecular formula is C10H8F2N4. The van der Waals surface area contributed by atoms with E-state index >= 15 is 0 Å². The van der Waals surface area contributed by atoms with Crippen molar-refractivity contribution in [3.8, 4) is 11.3 Å². The summed E-state index contributed by atoms with van der Waals surface area (Å²) in [4.78, 5) is 7.38. The number of benzene rings is 1. The number of nitrogen functional groups attached to an aromatic ring is 2. The Bertz CT molecular complexity index is 519. The van der Waals surface area contributed by atoms with Gasteiger partial charge in [-0.1, -0.05) is 0 Å². The average Bonchev–Trinajstić information content (AvgIpc) is 2.15. The Morgan fingerprint density at radius 2 is 1.69 bits per heavy atom. The Hall–Kier alpha value is -2.24. The standard InChI is InChI=1S/C10H8F2N4/c11-6-3-5(13)4-7(12)9(6)8-1-2-15-10(14)16-8/h1-4H,13H2,(H2,14,15,16). The highest BCUT2D eigenvalue weighted by Gasteiger charge is 2.14. The maximum Gasteiger partial charge on any atom is 0.220 e. The van der Waals surface area contributed by atoms with Gasteiger partial charge in [0.1, 0.15) is 11.6 Å². The van der Waals surface area contributed by atoms with Gasteiger partial charge in [0.2, 0.25) is 5.95 Å². The maximum absolute atomic E-state index is 13.5. The van der Waals surface area contributed by atoms with E-state index in [2.05, 4.69) is 9.97 Å². The predicted molar refractivity (Wildman–Crippen MR) is 56.2 cm³/mol. The number of rotatable bonds is 1. The smallest absolute Gasteiger partial charge is 0.220 e. The van der Waals surface area contributed by atoms with Gasteiger partial charge < -0.3 is 11.5 Å². The van der Waals surface area contributed by atoms with Crippen molar-refractivity contribution in [3.05, 3.63) is 36.0 Å². The van der Waals surface area contributed by atoms with Crippen molar-refractivity contribution in [2.24, 2.45) is 0 Å². The van der Waals surface area contributed by atoms with Crippen LogP contribution in [0.5, 0.6) is 0 Å². The Labute approximate surface area is 89.9 Å². The van der Waals surface area contributed by atoms with E-state index in [9.17, 15) is 8.78 Å². The number of nitrogens with two attached hydrogens (primary N) is 2. The van der Waals surface area contributed by atoms with Gasteiger partial charge in [-0.2, -0.15) is 0 Å². The molecular weight excluding hydrogens is 214 g/mol. The summed E-state index contributed by atoms with van der Waals surface area (Å²) < 4.78 is 27.0. The molecule has 0 atom stereocenters. The van der Waals surface area contributed by atoms with Crippen LogP contribution in [0.4, 0.5) is 20.4 Å². The summed E-state index contributed by atoms with van der Waals surface area (Å²) in [6, 6.07) is 3.42. The van der Waals surface area contributed by atoms with Crippen molar-refractivity contribution in [1.82, 2.24) is 9.97 Å². The first kappa shape index (κ1) is 10.3. The minimum atomic E-state index is -0.782. The molecule has 4 nitrogen and oxygen atoms in total. The molecule has 0 saturated heterocycles. The van der Waals surface area contributed by atoms with Gasteiger partial charge in [-0.15, -0.1) is 0 Å². The molecule has 0 bridgehead atoms. The molecule has 16 heavy (non-hydrogen) atoms. The monoisotopic (exact) mass is 222 g/mol. The number of halogens is 2. The lowest BCUT2D eigenvalue weighted by molar-refractivity contribution is 0.590. The van der Waals surface area contributed by atoms with Crippen LogP contribution in [-0.2, 0) is 0 Å². The van der Waals surface area contributed by atoms with Gasteiger partial charge in [-0.05, 0) is 18.2 Å². The molecule has 6 heteroatoms. The van der Waals surface area contributed by atoms with Crippen molar-refractivity contribution in [3.63, 3.8) is 0 Å². The van der Waals surface area contributed by atoms with Crippen molar-refractivity contribution >= 4 is 11.6 Å². The lowest BCUT2D eigenvalue weighted by atomic mass is 10.1. The zero-order chi connectivity index (χ0) is 11.7. The Balaban J connectivity index is 2.64. The first-order chi connectivity index (χ1) is 7.58. The van der Waals surface area contributed by atoms with E-state index < -0.39 is 11.6 Å². The molecule has 0 aliphatic rings. The number of aromatic nitrogens is 2. The number of anilines is 2. The predicted octanol–water partition coefficient (Wildman–Crippen LogP) is 1.59. The van der Waals surface area contributed by atoms with E-state index in [1.54, 1.807) is 0 Å². The van der Waals surface area contributed by atoms with Crippen molar-refractivity contribution in [1.29, 1.82) is 0 Å². The molecule has 0 radical (unpaired) electrons. The molecule has 4 N–H and O–H groups in total. The maximum atomic E-state index is 13.5. The molecule has 2 aromatic rings. The third-order valence-corrected chi connectivity index (χ3v) is 1.99. The van der Waals surface area contributed by atoms with Crippen LogP contribution in [0.25, 0.3) is 11.3 Å². The van der Waals surface area contributed by atoms with Crippen LogP contribution in [0, 0.1) is 11.6 Å². The van der Waals surface area contributed by atoms with Gasteiger partial charge >= 0.3 is 0 Å². The normalized spacial score (nSPS) is 10.4. The lowest BCUT2D eigenvalue weighted by Crippen LogP contribution is -1.99. The molecule has 0 amide bonds. The van der Waals surface area contributed by atoms with Gasteiger partial charge in [-0.3, -0.25) is 0 Å². The summed E-state index contributed by atoms with van der Waals surface area (Å²) in [5.41, 5.74) is 10.5. The van der Waals surface area contributed by atoms with Gasteiger partial charge in [0.25, 0.3) is 0 Å². The van der Waals surface area contributed by atoms with Gasteiger partial charge in [0, 0.05) is 11.9 Å². The second-order valence-electron chi connectivity index (χ2n) is 3.16. The van der Waals surface area contributed by atoms with Crippen molar-refractivity contribution in [2.45, 2.75) is 0 Å². The second kappa shape index (κ2) is 3.73. The Morgan fingerprint density at radius 3 is 2.25 bits per heavy atom. The topological polar surface area (TPSA) is 77.8 Å². The second-order valence-corrected chi connectivity index (χ2v) is 3.16. The van der Waals surface area contributed by atoms with E-state index in [4.69, 9.17) is 11.5 Å². The highest BCUT2D eigenvalue weighted by atomic mass is 19.1. The Morgan fingerprint density at radius 1 is 1.06 bits per heavy atom. The van der Waals surface area contributed by atoms with Gasteiger partial charge in [0.05, 0.1) is 11.3 Å². The largest absolute Gasteiger partial charge is 0.399 e. The molecule has 1 aromatic carbocycles. The van der Waals surface area contributed by atoms with Crippen LogP contribution in [0.1, 0.15) is 0 Å². The number of hydrogen-bond donors (Lipinski definition) is 2. The van der Waals surface area contributed by atoms with Crippen molar-refractivity contribution < 1.29 is 8.78 Å². The average molecular weight is 222 g/mol. The first-order valence-corrected chi connectivity index (χ1v) is 4.41. The van der Waals surface area contributed by atoms with Crippen LogP contribution >= 0.6 is 0 Å². The van der Waals surface area contributed by atoms with Crippen LogP contribution in [0.3, 0.4) is 0 Å². The van der Waals surface area contributed by atoms with Crippen LogP contribution in [-0.4, -0.2) is 9.97 Å². The zero-order valence-electron chi connectivity index (χ0n) is 8.11. The fraction of sp³-hybridized carbons (Fsp3) is 0. The fourth-order valence-electron chi connectivity index (χ4n) is 1.35. The molecule has 0 fully saturated rings. The summed E-state index contributed by atoms with van der Waals surface area (Å²) in [7, 11) is 0. The molecule has 0 aliphatic heterocycles. The summed E-state index contributed by atoms with van der Waals surface area (Å²) in [5, 5.41) is 0. The highest BCUT2D eigenvalue weighted by molar-refractivity contribution is 5.64. The minimum absolute atomic E-state index is 0.0146. The first-order valence-electron chi connectivity index (χ1n) is 4.41. The van der Waals surface area contributed by atoms with Crippen LogP contribution in [0.2, 0.25) is 0 Å². The van der Waals surface area contributed by atoms with Crippen LogP contribution in [0.15, 0.2) is 24.4 Å². The molecule has 2 rings (SSSR count). The van der Waals surface area contributed by atoms with E-state index in [1.807, 2.05) is 0 Å². The quantitative estimate of drug-likeness (QED) is 0.718. The molecule has 82 valence electrons. The van der Waals surface area contributed by atoms with Gasteiger partial charge in [0.15, 0.2) is 0 Å². The van der Waals surface area contributed by atoms with E-state index in [-0.39, 0.29) is 22.9 Å². The zero-order valence-corrected chi connectivity index (χ0v) is 8.11. The fourth-order valence-corrected chi connectivity index (χ4v) is 1.35. The lowest BCUT2D eigenvalue weighted by Gasteiger charge is -2.05. The van der Waals surface area contributed by atoms with Crippen LogP contribution < -0.4 is 11.5 Å². The number of hydrogen-bond acceptors (Lipinski definition) is 4. The molecule has 0 unspecified atom stereocenters. The summed E-state index contributed by atoms with van der Waals surface area (Å²) in [6.07, 6.45) is 1.33. The molecule has 0 spiro atoms. The number of nitrogens with zero attached hydrogens (tertiary/aromatic N) is 2. The SMILES string of the molecule is Nc1cc(F)c(-c2ccnc(N)n2)c(F)c1. The highest BCUT2D eigenvalue weighted by Crippen LogP contribution is 2.26. The summed E-state index contributed by atoms with van der Waals surface area (Å²) in [5.74, 6) is -1.61. The Kier molecular flexibility index (Phi) is 2.40. The summed E-state index contributed by atoms with van der Waals surface area (Å²) >= 11 is 0.